The van der Waals surface area contributed by atoms with E-state index < -0.39 is 41.7 Å². The van der Waals surface area contributed by atoms with Gasteiger partial charge in [0, 0.05) is 5.69 Å². The smallest absolute Gasteiger partial charge is 0.325 e. The third kappa shape index (κ3) is 4.29. The first-order valence-electron chi connectivity index (χ1n) is 9.37. The van der Waals surface area contributed by atoms with E-state index in [1.54, 1.807) is 37.3 Å². The molecule has 5 amide bonds. The fraction of sp³-hybridized carbons (Fsp3) is 0.238. The van der Waals surface area contributed by atoms with Crippen molar-refractivity contribution < 1.29 is 23.6 Å². The Morgan fingerprint density at radius 2 is 1.70 bits per heavy atom. The average molecular weight is 412 g/mol. The van der Waals surface area contributed by atoms with Crippen LogP contribution in [0.15, 0.2) is 54.6 Å². The molecule has 3 N–H and O–H groups in total. The van der Waals surface area contributed by atoms with Gasteiger partial charge in [-0.2, -0.15) is 0 Å². The zero-order chi connectivity index (χ0) is 21.7. The van der Waals surface area contributed by atoms with Crippen molar-refractivity contribution >= 4 is 29.4 Å². The Morgan fingerprint density at radius 1 is 1.03 bits per heavy atom. The van der Waals surface area contributed by atoms with E-state index in [1.165, 1.54) is 24.3 Å². The van der Waals surface area contributed by atoms with Gasteiger partial charge >= 0.3 is 6.03 Å². The van der Waals surface area contributed by atoms with Crippen molar-refractivity contribution in [3.8, 4) is 0 Å². The van der Waals surface area contributed by atoms with Gasteiger partial charge in [-0.25, -0.2) is 9.18 Å². The monoisotopic (exact) mass is 412 g/mol. The van der Waals surface area contributed by atoms with Gasteiger partial charge in [0.15, 0.2) is 0 Å². The largest absolute Gasteiger partial charge is 0.345 e. The van der Waals surface area contributed by atoms with Crippen molar-refractivity contribution in [1.29, 1.82) is 0 Å². The minimum Gasteiger partial charge on any atom is -0.345 e. The minimum absolute atomic E-state index is 0.319. The highest BCUT2D eigenvalue weighted by atomic mass is 19.1. The number of halogens is 1. The molecular formula is C21H21FN4O4. The molecule has 30 heavy (non-hydrogen) atoms. The van der Waals surface area contributed by atoms with Crippen LogP contribution in [-0.2, 0) is 19.9 Å². The van der Waals surface area contributed by atoms with Crippen LogP contribution in [-0.4, -0.2) is 41.7 Å². The van der Waals surface area contributed by atoms with Gasteiger partial charge < -0.3 is 16.0 Å². The fourth-order valence-electron chi connectivity index (χ4n) is 3.25. The Hall–Kier alpha value is -3.75. The lowest BCUT2D eigenvalue weighted by molar-refractivity contribution is -0.135. The zero-order valence-corrected chi connectivity index (χ0v) is 16.3. The molecule has 8 nitrogen and oxygen atoms in total. The molecule has 1 atom stereocenters. The number of amides is 5. The van der Waals surface area contributed by atoms with Gasteiger partial charge in [0.1, 0.15) is 17.9 Å². The van der Waals surface area contributed by atoms with Crippen LogP contribution in [0.2, 0.25) is 0 Å². The first-order valence-corrected chi connectivity index (χ1v) is 9.37. The molecule has 9 heteroatoms. The van der Waals surface area contributed by atoms with Crippen molar-refractivity contribution in [1.82, 2.24) is 15.5 Å². The standard InChI is InChI=1S/C21H21FN4O4/c1-2-21(14-6-4-3-5-7-14)19(29)26(20(30)25-21)13-18(28)23-12-17(27)24-16-10-8-15(22)9-11-16/h3-11H,2,12-13H2,1H3,(H,23,28)(H,24,27)(H,25,30). The molecule has 0 spiro atoms. The molecule has 1 saturated heterocycles. The van der Waals surface area contributed by atoms with Crippen LogP contribution in [0.1, 0.15) is 18.9 Å². The number of carbonyl (C=O) groups excluding carboxylic acids is 4. The van der Waals surface area contributed by atoms with Crippen LogP contribution >= 0.6 is 0 Å². The van der Waals surface area contributed by atoms with E-state index in [2.05, 4.69) is 16.0 Å². The van der Waals surface area contributed by atoms with E-state index in [0.717, 1.165) is 4.90 Å². The van der Waals surface area contributed by atoms with Gasteiger partial charge in [-0.05, 0) is 36.2 Å². The molecule has 0 saturated carbocycles. The van der Waals surface area contributed by atoms with Crippen LogP contribution in [0, 0.1) is 5.82 Å². The number of rotatable bonds is 7. The summed E-state index contributed by atoms with van der Waals surface area (Å²) in [6.45, 7) is 0.898. The van der Waals surface area contributed by atoms with Crippen LogP contribution in [0.3, 0.4) is 0 Å². The quantitative estimate of drug-likeness (QED) is 0.602. The number of anilines is 1. The number of hydrogen-bond acceptors (Lipinski definition) is 4. The van der Waals surface area contributed by atoms with Crippen molar-refractivity contribution in [2.24, 2.45) is 0 Å². The Bertz CT molecular complexity index is 965. The van der Waals surface area contributed by atoms with E-state index in [9.17, 15) is 23.6 Å². The van der Waals surface area contributed by atoms with E-state index >= 15 is 0 Å². The predicted octanol–water partition coefficient (Wildman–Crippen LogP) is 1.74. The van der Waals surface area contributed by atoms with Gasteiger partial charge in [-0.15, -0.1) is 0 Å². The first-order chi connectivity index (χ1) is 14.4. The van der Waals surface area contributed by atoms with Gasteiger partial charge in [-0.1, -0.05) is 37.3 Å². The third-order valence-corrected chi connectivity index (χ3v) is 4.85. The molecule has 3 rings (SSSR count). The Labute approximate surface area is 172 Å². The lowest BCUT2D eigenvalue weighted by Crippen LogP contribution is -2.45. The molecule has 156 valence electrons. The Balaban J connectivity index is 1.58. The topological polar surface area (TPSA) is 108 Å². The second-order valence-corrected chi connectivity index (χ2v) is 6.78. The van der Waals surface area contributed by atoms with E-state index in [0.29, 0.717) is 17.7 Å². The van der Waals surface area contributed by atoms with Gasteiger partial charge in [-0.3, -0.25) is 19.3 Å². The summed E-state index contributed by atoms with van der Waals surface area (Å²) in [6.07, 6.45) is 0.319. The molecule has 1 heterocycles. The number of urea groups is 1. The van der Waals surface area contributed by atoms with Crippen molar-refractivity contribution in [2.75, 3.05) is 18.4 Å². The minimum atomic E-state index is -1.22. The van der Waals surface area contributed by atoms with E-state index in [4.69, 9.17) is 0 Å². The third-order valence-electron chi connectivity index (χ3n) is 4.85. The van der Waals surface area contributed by atoms with Gasteiger partial charge in [0.2, 0.25) is 11.8 Å². The number of carbonyl (C=O) groups is 4. The summed E-state index contributed by atoms with van der Waals surface area (Å²) in [4.78, 5) is 50.3. The average Bonchev–Trinajstić information content (AvgIpc) is 2.99. The first kappa shape index (κ1) is 21.0. The molecule has 0 aliphatic carbocycles. The summed E-state index contributed by atoms with van der Waals surface area (Å²) in [5, 5.41) is 7.56. The van der Waals surface area contributed by atoms with Crippen LogP contribution in [0.25, 0.3) is 0 Å². The molecule has 1 unspecified atom stereocenters. The Kier molecular flexibility index (Phi) is 6.10. The molecule has 0 radical (unpaired) electrons. The normalized spacial score (nSPS) is 18.1. The van der Waals surface area contributed by atoms with E-state index in [-0.39, 0.29) is 6.54 Å². The highest BCUT2D eigenvalue weighted by molar-refractivity contribution is 6.09. The lowest BCUT2D eigenvalue weighted by atomic mass is 9.87. The highest BCUT2D eigenvalue weighted by Crippen LogP contribution is 2.32. The molecule has 2 aromatic carbocycles. The van der Waals surface area contributed by atoms with E-state index in [1.807, 2.05) is 0 Å². The molecule has 0 aromatic heterocycles. The van der Waals surface area contributed by atoms with Crippen molar-refractivity contribution in [2.45, 2.75) is 18.9 Å². The molecule has 1 aliphatic heterocycles. The zero-order valence-electron chi connectivity index (χ0n) is 16.3. The van der Waals surface area contributed by atoms with Crippen LogP contribution in [0.5, 0.6) is 0 Å². The van der Waals surface area contributed by atoms with Crippen molar-refractivity contribution in [3.63, 3.8) is 0 Å². The Morgan fingerprint density at radius 3 is 2.33 bits per heavy atom. The second kappa shape index (κ2) is 8.73. The second-order valence-electron chi connectivity index (χ2n) is 6.78. The highest BCUT2D eigenvalue weighted by Gasteiger charge is 2.51. The van der Waals surface area contributed by atoms with Crippen molar-refractivity contribution in [3.05, 3.63) is 66.0 Å². The summed E-state index contributed by atoms with van der Waals surface area (Å²) in [6, 6.07) is 13.3. The molecule has 1 aliphatic rings. The number of nitrogens with one attached hydrogen (secondary N) is 3. The fourth-order valence-corrected chi connectivity index (χ4v) is 3.25. The lowest BCUT2D eigenvalue weighted by Gasteiger charge is -2.25. The summed E-state index contributed by atoms with van der Waals surface area (Å²) < 4.78 is 12.9. The van der Waals surface area contributed by atoms with Crippen LogP contribution < -0.4 is 16.0 Å². The number of imide groups is 1. The molecular weight excluding hydrogens is 391 g/mol. The van der Waals surface area contributed by atoms with Gasteiger partial charge in [0.05, 0.1) is 6.54 Å². The molecule has 0 bridgehead atoms. The maximum absolute atomic E-state index is 13.0. The van der Waals surface area contributed by atoms with Crippen LogP contribution in [0.4, 0.5) is 14.9 Å². The summed E-state index contributed by atoms with van der Waals surface area (Å²) in [5.74, 6) is -2.15. The molecule has 2 aromatic rings. The van der Waals surface area contributed by atoms with Gasteiger partial charge in [0.25, 0.3) is 5.91 Å². The maximum atomic E-state index is 13.0. The summed E-state index contributed by atoms with van der Waals surface area (Å²) in [7, 11) is 0. The number of benzene rings is 2. The summed E-state index contributed by atoms with van der Waals surface area (Å²) >= 11 is 0. The summed E-state index contributed by atoms with van der Waals surface area (Å²) in [5.41, 5.74) is -0.216. The number of nitrogens with zero attached hydrogens (tertiary/aromatic N) is 1. The number of hydrogen-bond donors (Lipinski definition) is 3. The SMILES string of the molecule is CCC1(c2ccccc2)NC(=O)N(CC(=O)NCC(=O)Nc2ccc(F)cc2)C1=O. The predicted molar refractivity (Wildman–Crippen MR) is 107 cm³/mol. The molecule has 1 fully saturated rings. The maximum Gasteiger partial charge on any atom is 0.325 e.